The van der Waals surface area contributed by atoms with Crippen LogP contribution in [0.2, 0.25) is 0 Å². The highest BCUT2D eigenvalue weighted by Crippen LogP contribution is 2.37. The van der Waals surface area contributed by atoms with E-state index in [0.717, 1.165) is 0 Å². The van der Waals surface area contributed by atoms with E-state index in [2.05, 4.69) is 19.9 Å². The van der Waals surface area contributed by atoms with Gasteiger partial charge in [-0.2, -0.15) is 19.9 Å². The molecular weight excluding hydrogens is 584 g/mol. The number of carbonyl (C=O) groups excluding carboxylic acids is 2. The summed E-state index contributed by atoms with van der Waals surface area (Å²) in [5.41, 5.74) is -0.501. The summed E-state index contributed by atoms with van der Waals surface area (Å²) in [6, 6.07) is 3.17. The van der Waals surface area contributed by atoms with Crippen LogP contribution in [0.5, 0.6) is 23.5 Å². The van der Waals surface area contributed by atoms with Crippen LogP contribution in [0.25, 0.3) is 0 Å². The van der Waals surface area contributed by atoms with Crippen molar-refractivity contribution in [1.82, 2.24) is 19.9 Å². The molecule has 0 fully saturated rings. The van der Waals surface area contributed by atoms with E-state index >= 15 is 0 Å². The lowest BCUT2D eigenvalue weighted by Gasteiger charge is -2.29. The lowest BCUT2D eigenvalue weighted by molar-refractivity contribution is -0.150. The van der Waals surface area contributed by atoms with Crippen LogP contribution in [0.1, 0.15) is 54.4 Å². The summed E-state index contributed by atoms with van der Waals surface area (Å²) in [5.74, 6) is 0.491. The number of methoxy groups -OCH3 is 4. The molecule has 2 aromatic rings. The Morgan fingerprint density at radius 3 is 1.14 bits per heavy atom. The number of thioether (sulfide) groups is 2. The van der Waals surface area contributed by atoms with Crippen molar-refractivity contribution in [3.05, 3.63) is 12.1 Å². The molecule has 14 heteroatoms. The molecule has 0 saturated heterocycles. The van der Waals surface area contributed by atoms with Crippen molar-refractivity contribution in [3.63, 3.8) is 0 Å². The molecule has 0 radical (unpaired) electrons. The topological polar surface area (TPSA) is 141 Å². The third-order valence-electron chi connectivity index (χ3n) is 5.91. The van der Waals surface area contributed by atoms with Crippen LogP contribution in [-0.4, -0.2) is 84.0 Å². The highest BCUT2D eigenvalue weighted by Gasteiger charge is 2.30. The van der Waals surface area contributed by atoms with Crippen LogP contribution >= 0.6 is 23.5 Å². The maximum atomic E-state index is 12.5. The fourth-order valence-electron chi connectivity index (χ4n) is 3.15. The quantitative estimate of drug-likeness (QED) is 0.151. The molecule has 0 N–H and O–H groups in total. The summed E-state index contributed by atoms with van der Waals surface area (Å²) in [4.78, 5) is 42.5. The summed E-state index contributed by atoms with van der Waals surface area (Å²) in [6.45, 7) is 12.4. The second-order valence-corrected chi connectivity index (χ2v) is 13.6. The Morgan fingerprint density at radius 2 is 0.905 bits per heavy atom. The van der Waals surface area contributed by atoms with Crippen LogP contribution in [0, 0.1) is 10.8 Å². The van der Waals surface area contributed by atoms with Gasteiger partial charge in [-0.25, -0.2) is 0 Å². The Kier molecular flexibility index (Phi) is 13.4. The minimum Gasteiger partial charge on any atom is -0.481 e. The molecule has 2 rings (SSSR count). The zero-order valence-corrected chi connectivity index (χ0v) is 27.6. The van der Waals surface area contributed by atoms with Gasteiger partial charge in [-0.3, -0.25) is 9.59 Å². The molecular formula is C28H42N4O8S2. The van der Waals surface area contributed by atoms with Crippen LogP contribution in [0.3, 0.4) is 0 Å². The van der Waals surface area contributed by atoms with Crippen molar-refractivity contribution >= 4 is 35.5 Å². The molecule has 0 spiro atoms. The van der Waals surface area contributed by atoms with E-state index in [0.29, 0.717) is 33.8 Å². The third-order valence-corrected chi connectivity index (χ3v) is 8.95. The van der Waals surface area contributed by atoms with Crippen molar-refractivity contribution < 1.29 is 38.0 Å². The first-order valence-corrected chi connectivity index (χ1v) is 15.0. The molecule has 0 bridgehead atoms. The SMILES string of the molecule is COc1cc(OC)nc(SC(COC(=O)CCC(=O)OCC(Sc2nc(OC)cc(OC)n2)C(C)(C)C)C(C)(C)C)n1. The predicted molar refractivity (Wildman–Crippen MR) is 160 cm³/mol. The molecule has 234 valence electrons. The zero-order chi connectivity index (χ0) is 31.5. The maximum Gasteiger partial charge on any atom is 0.306 e. The molecule has 0 aliphatic carbocycles. The molecule has 0 saturated carbocycles. The molecule has 42 heavy (non-hydrogen) atoms. The maximum absolute atomic E-state index is 12.5. The first kappa shape index (κ1) is 35.2. The fourth-order valence-corrected chi connectivity index (χ4v) is 5.21. The highest BCUT2D eigenvalue weighted by atomic mass is 32.2. The van der Waals surface area contributed by atoms with Gasteiger partial charge in [0, 0.05) is 0 Å². The van der Waals surface area contributed by atoms with Gasteiger partial charge in [-0.05, 0) is 10.8 Å². The van der Waals surface area contributed by atoms with E-state index in [1.807, 2.05) is 41.5 Å². The van der Waals surface area contributed by atoms with Gasteiger partial charge in [0.25, 0.3) is 0 Å². The van der Waals surface area contributed by atoms with E-state index in [-0.39, 0.29) is 47.4 Å². The van der Waals surface area contributed by atoms with Crippen LogP contribution in [0.15, 0.2) is 22.4 Å². The van der Waals surface area contributed by atoms with Gasteiger partial charge in [0.1, 0.15) is 13.2 Å². The van der Waals surface area contributed by atoms with E-state index in [1.54, 1.807) is 12.1 Å². The molecule has 0 amide bonds. The molecule has 2 heterocycles. The van der Waals surface area contributed by atoms with Crippen molar-refractivity contribution in [3.8, 4) is 23.5 Å². The van der Waals surface area contributed by atoms with E-state index in [9.17, 15) is 9.59 Å². The number of hydrogen-bond acceptors (Lipinski definition) is 14. The van der Waals surface area contributed by atoms with Gasteiger partial charge in [0.05, 0.1) is 63.9 Å². The Hall–Kier alpha value is -3.00. The van der Waals surface area contributed by atoms with Crippen molar-refractivity contribution in [2.75, 3.05) is 41.7 Å². The zero-order valence-electron chi connectivity index (χ0n) is 26.0. The lowest BCUT2D eigenvalue weighted by Crippen LogP contribution is -2.30. The minimum atomic E-state index is -0.496. The smallest absolute Gasteiger partial charge is 0.306 e. The molecule has 0 aliphatic rings. The molecule has 0 aromatic carbocycles. The average molecular weight is 627 g/mol. The van der Waals surface area contributed by atoms with Gasteiger partial charge >= 0.3 is 11.9 Å². The molecule has 2 unspecified atom stereocenters. The lowest BCUT2D eigenvalue weighted by atomic mass is 9.92. The Morgan fingerprint density at radius 1 is 0.619 bits per heavy atom. The Bertz CT molecular complexity index is 1050. The Balaban J connectivity index is 1.92. The number of carbonyl (C=O) groups is 2. The summed E-state index contributed by atoms with van der Waals surface area (Å²) in [5, 5.41) is 0.532. The van der Waals surface area contributed by atoms with Crippen molar-refractivity contribution in [2.24, 2.45) is 10.8 Å². The number of ether oxygens (including phenoxy) is 6. The molecule has 2 aromatic heterocycles. The van der Waals surface area contributed by atoms with E-state index in [1.165, 1.54) is 52.0 Å². The van der Waals surface area contributed by atoms with Gasteiger partial charge in [-0.15, -0.1) is 0 Å². The summed E-state index contributed by atoms with van der Waals surface area (Å²) in [6.07, 6.45) is -0.208. The van der Waals surface area contributed by atoms with Crippen LogP contribution in [-0.2, 0) is 19.1 Å². The number of hydrogen-bond donors (Lipinski definition) is 0. The van der Waals surface area contributed by atoms with Gasteiger partial charge < -0.3 is 28.4 Å². The van der Waals surface area contributed by atoms with Gasteiger partial charge in [0.2, 0.25) is 23.5 Å². The summed E-state index contributed by atoms with van der Waals surface area (Å²) < 4.78 is 32.0. The largest absolute Gasteiger partial charge is 0.481 e. The average Bonchev–Trinajstić information content (AvgIpc) is 2.94. The minimum absolute atomic E-state index is 0.104. The van der Waals surface area contributed by atoms with E-state index < -0.39 is 11.9 Å². The Labute approximate surface area is 256 Å². The van der Waals surface area contributed by atoms with Crippen LogP contribution in [0.4, 0.5) is 0 Å². The normalized spacial score (nSPS) is 13.1. The van der Waals surface area contributed by atoms with Gasteiger partial charge in [0.15, 0.2) is 10.3 Å². The number of rotatable bonds is 15. The van der Waals surface area contributed by atoms with Crippen molar-refractivity contribution in [1.29, 1.82) is 0 Å². The molecule has 12 nitrogen and oxygen atoms in total. The summed E-state index contributed by atoms with van der Waals surface area (Å²) in [7, 11) is 6.05. The van der Waals surface area contributed by atoms with Crippen LogP contribution < -0.4 is 18.9 Å². The third kappa shape index (κ3) is 11.7. The standard InChI is InChI=1S/C28H42N4O8S2/c1-27(2,3)17(41-25-29-19(35-7)13-20(30-25)36-8)15-39-23(33)11-12-24(34)40-16-18(28(4,5)6)42-26-31-21(37-9)14-22(32-26)38-10/h13-14,17-18H,11-12,15-16H2,1-10H3. The number of esters is 2. The highest BCUT2D eigenvalue weighted by molar-refractivity contribution is 8.00. The summed E-state index contributed by atoms with van der Waals surface area (Å²) >= 11 is 2.72. The number of nitrogens with zero attached hydrogens (tertiary/aromatic N) is 4. The first-order chi connectivity index (χ1) is 19.7. The van der Waals surface area contributed by atoms with E-state index in [4.69, 9.17) is 28.4 Å². The fraction of sp³-hybridized carbons (Fsp3) is 0.643. The monoisotopic (exact) mass is 626 g/mol. The second-order valence-electron chi connectivity index (χ2n) is 11.3. The first-order valence-electron chi connectivity index (χ1n) is 13.3. The predicted octanol–water partition coefficient (Wildman–Crippen LogP) is 4.88. The second kappa shape index (κ2) is 16.0. The van der Waals surface area contributed by atoms with Crippen molar-refractivity contribution in [2.45, 2.75) is 75.2 Å². The molecule has 0 aliphatic heterocycles. The molecule has 2 atom stereocenters. The van der Waals surface area contributed by atoms with Gasteiger partial charge in [-0.1, -0.05) is 65.1 Å². The number of aromatic nitrogens is 4.